The van der Waals surface area contributed by atoms with E-state index in [2.05, 4.69) is 27.7 Å². The van der Waals surface area contributed by atoms with Gasteiger partial charge in [-0.2, -0.15) is 0 Å². The van der Waals surface area contributed by atoms with Gasteiger partial charge in [-0.05, 0) is 55.6 Å². The van der Waals surface area contributed by atoms with Gasteiger partial charge in [-0.3, -0.25) is 9.69 Å². The molecule has 1 unspecified atom stereocenters. The lowest BCUT2D eigenvalue weighted by Crippen LogP contribution is -2.36. The minimum Gasteiger partial charge on any atom is -0.489 e. The van der Waals surface area contributed by atoms with Gasteiger partial charge in [-0.25, -0.2) is 0 Å². The highest BCUT2D eigenvalue weighted by Gasteiger charge is 2.25. The largest absolute Gasteiger partial charge is 0.489 e. The van der Waals surface area contributed by atoms with Gasteiger partial charge >= 0.3 is 0 Å². The maximum Gasteiger partial charge on any atom is 0.251 e. The van der Waals surface area contributed by atoms with Gasteiger partial charge in [0.25, 0.3) is 5.91 Å². The first-order chi connectivity index (χ1) is 14.3. The summed E-state index contributed by atoms with van der Waals surface area (Å²) in [5.74, 6) is 0.757. The van der Waals surface area contributed by atoms with Crippen molar-refractivity contribution in [2.75, 3.05) is 19.6 Å². The van der Waals surface area contributed by atoms with Crippen LogP contribution < -0.4 is 10.1 Å². The second-order valence-electron chi connectivity index (χ2n) is 7.24. The highest BCUT2D eigenvalue weighted by molar-refractivity contribution is 7.10. The predicted molar refractivity (Wildman–Crippen MR) is 117 cm³/mol. The van der Waals surface area contributed by atoms with E-state index in [4.69, 9.17) is 4.74 Å². The number of thiophene rings is 1. The van der Waals surface area contributed by atoms with E-state index >= 15 is 0 Å². The lowest BCUT2D eigenvalue weighted by molar-refractivity contribution is 0.0936. The molecule has 1 fully saturated rings. The first kappa shape index (κ1) is 19.7. The zero-order valence-corrected chi connectivity index (χ0v) is 17.2. The number of rotatable bonds is 8. The zero-order valence-electron chi connectivity index (χ0n) is 16.4. The Morgan fingerprint density at radius 1 is 1.00 bits per heavy atom. The van der Waals surface area contributed by atoms with Gasteiger partial charge < -0.3 is 10.1 Å². The topological polar surface area (TPSA) is 41.6 Å². The number of benzene rings is 2. The number of carbonyl (C=O) groups excluding carboxylic acids is 1. The van der Waals surface area contributed by atoms with E-state index in [9.17, 15) is 4.79 Å². The molecule has 0 radical (unpaired) electrons. The van der Waals surface area contributed by atoms with Crippen LogP contribution >= 0.6 is 11.3 Å². The van der Waals surface area contributed by atoms with Gasteiger partial charge in [0.05, 0.1) is 6.04 Å². The zero-order chi connectivity index (χ0) is 19.9. The van der Waals surface area contributed by atoms with Crippen molar-refractivity contribution >= 4 is 17.2 Å². The summed E-state index contributed by atoms with van der Waals surface area (Å²) in [6.07, 6.45) is 2.46. The number of hydrogen-bond donors (Lipinski definition) is 1. The molecule has 0 saturated carbocycles. The van der Waals surface area contributed by atoms with E-state index in [0.717, 1.165) is 24.4 Å². The summed E-state index contributed by atoms with van der Waals surface area (Å²) in [6.45, 7) is 3.18. The van der Waals surface area contributed by atoms with E-state index in [0.29, 0.717) is 18.7 Å². The van der Waals surface area contributed by atoms with Crippen LogP contribution in [0.1, 0.15) is 39.7 Å². The molecule has 1 aliphatic rings. The molecule has 5 heteroatoms. The molecular weight excluding hydrogens is 380 g/mol. The highest BCUT2D eigenvalue weighted by Crippen LogP contribution is 2.28. The van der Waals surface area contributed by atoms with Crippen molar-refractivity contribution in [3.05, 3.63) is 88.1 Å². The van der Waals surface area contributed by atoms with Crippen molar-refractivity contribution in [2.24, 2.45) is 0 Å². The third-order valence-corrected chi connectivity index (χ3v) is 6.28. The van der Waals surface area contributed by atoms with Crippen LogP contribution in [0.25, 0.3) is 0 Å². The summed E-state index contributed by atoms with van der Waals surface area (Å²) in [4.78, 5) is 16.8. The van der Waals surface area contributed by atoms with Gasteiger partial charge in [0.15, 0.2) is 0 Å². The Labute approximate surface area is 176 Å². The molecule has 1 N–H and O–H groups in total. The number of nitrogens with one attached hydrogen (secondary N) is 1. The molecule has 2 heterocycles. The third-order valence-electron chi connectivity index (χ3n) is 5.31. The Morgan fingerprint density at radius 3 is 2.52 bits per heavy atom. The molecule has 1 aromatic heterocycles. The second kappa shape index (κ2) is 9.72. The second-order valence-corrected chi connectivity index (χ2v) is 8.22. The van der Waals surface area contributed by atoms with Crippen molar-refractivity contribution < 1.29 is 9.53 Å². The minimum atomic E-state index is -0.0435. The standard InChI is InChI=1S/C24H26N2O2S/c27-24(25-17-22(23-13-8-16-29-23)26-14-6-7-15-26)21-12-5-4-9-19(21)18-28-20-10-2-1-3-11-20/h1-5,8-13,16,22H,6-7,14-15,17-18H2,(H,25,27). The molecule has 1 aliphatic heterocycles. The number of carbonyl (C=O) groups is 1. The monoisotopic (exact) mass is 406 g/mol. The van der Waals surface area contributed by atoms with Crippen LogP contribution in [0.3, 0.4) is 0 Å². The number of likely N-dealkylation sites (tertiary alicyclic amines) is 1. The van der Waals surface area contributed by atoms with E-state index in [1.807, 2.05) is 54.6 Å². The van der Waals surface area contributed by atoms with Crippen molar-refractivity contribution in [1.29, 1.82) is 0 Å². The molecule has 150 valence electrons. The molecule has 4 rings (SSSR count). The van der Waals surface area contributed by atoms with Crippen molar-refractivity contribution in [3.63, 3.8) is 0 Å². The summed E-state index contributed by atoms with van der Waals surface area (Å²) in [7, 11) is 0. The fourth-order valence-corrected chi connectivity index (χ4v) is 4.63. The normalized spacial score (nSPS) is 15.2. The fraction of sp³-hybridized carbons (Fsp3) is 0.292. The maximum absolute atomic E-state index is 13.0. The van der Waals surface area contributed by atoms with Crippen molar-refractivity contribution in [2.45, 2.75) is 25.5 Å². The molecule has 0 spiro atoms. The van der Waals surface area contributed by atoms with Gasteiger partial charge in [0.2, 0.25) is 0 Å². The average molecular weight is 407 g/mol. The first-order valence-corrected chi connectivity index (χ1v) is 11.0. The number of nitrogens with zero attached hydrogens (tertiary/aromatic N) is 1. The summed E-state index contributed by atoms with van der Waals surface area (Å²) in [5, 5.41) is 5.28. The van der Waals surface area contributed by atoms with E-state index in [1.165, 1.54) is 17.7 Å². The summed E-state index contributed by atoms with van der Waals surface area (Å²) < 4.78 is 5.86. The SMILES string of the molecule is O=C(NCC(c1cccs1)N1CCCC1)c1ccccc1COc1ccccc1. The van der Waals surface area contributed by atoms with Crippen LogP contribution in [0.4, 0.5) is 0 Å². The van der Waals surface area contributed by atoms with E-state index in [1.54, 1.807) is 11.3 Å². The van der Waals surface area contributed by atoms with Crippen LogP contribution in [0.5, 0.6) is 5.75 Å². The Hall–Kier alpha value is -2.63. The molecule has 0 aliphatic carbocycles. The Bertz CT molecular complexity index is 906. The number of para-hydroxylation sites is 1. The molecule has 0 bridgehead atoms. The number of ether oxygens (including phenoxy) is 1. The maximum atomic E-state index is 13.0. The van der Waals surface area contributed by atoms with Crippen LogP contribution in [0, 0.1) is 0 Å². The van der Waals surface area contributed by atoms with Crippen LogP contribution in [0.2, 0.25) is 0 Å². The molecule has 1 atom stereocenters. The van der Waals surface area contributed by atoms with Crippen molar-refractivity contribution in [1.82, 2.24) is 10.2 Å². The molecule has 29 heavy (non-hydrogen) atoms. The van der Waals surface area contributed by atoms with Gasteiger partial charge in [0.1, 0.15) is 12.4 Å². The quantitative estimate of drug-likeness (QED) is 0.579. The lowest BCUT2D eigenvalue weighted by atomic mass is 10.1. The van der Waals surface area contributed by atoms with Crippen molar-refractivity contribution in [3.8, 4) is 5.75 Å². The minimum absolute atomic E-state index is 0.0435. The van der Waals surface area contributed by atoms with Crippen LogP contribution in [0.15, 0.2) is 72.1 Å². The average Bonchev–Trinajstić information content (AvgIpc) is 3.48. The Balaban J connectivity index is 1.42. The molecule has 3 aromatic rings. The van der Waals surface area contributed by atoms with Crippen LogP contribution in [-0.4, -0.2) is 30.4 Å². The highest BCUT2D eigenvalue weighted by atomic mass is 32.1. The van der Waals surface area contributed by atoms with Gasteiger partial charge in [0, 0.05) is 22.5 Å². The summed E-state index contributed by atoms with van der Waals surface area (Å²) in [5.41, 5.74) is 1.57. The third kappa shape index (κ3) is 5.05. The smallest absolute Gasteiger partial charge is 0.251 e. The summed E-state index contributed by atoms with van der Waals surface area (Å²) >= 11 is 1.76. The fourth-order valence-electron chi connectivity index (χ4n) is 3.77. The van der Waals surface area contributed by atoms with Crippen LogP contribution in [-0.2, 0) is 6.61 Å². The Morgan fingerprint density at radius 2 is 1.76 bits per heavy atom. The summed E-state index contributed by atoms with van der Waals surface area (Å²) in [6, 6.07) is 21.8. The van der Waals surface area contributed by atoms with Gasteiger partial charge in [-0.15, -0.1) is 11.3 Å². The molecule has 4 nitrogen and oxygen atoms in total. The first-order valence-electron chi connectivity index (χ1n) is 10.1. The predicted octanol–water partition coefficient (Wildman–Crippen LogP) is 4.89. The molecular formula is C24H26N2O2S. The molecule has 1 amide bonds. The number of hydrogen-bond acceptors (Lipinski definition) is 4. The van der Waals surface area contributed by atoms with Gasteiger partial charge in [-0.1, -0.05) is 42.5 Å². The van der Waals surface area contributed by atoms with E-state index < -0.39 is 0 Å². The molecule has 1 saturated heterocycles. The van der Waals surface area contributed by atoms with E-state index in [-0.39, 0.29) is 11.9 Å². The molecule has 2 aromatic carbocycles. The lowest BCUT2D eigenvalue weighted by Gasteiger charge is -2.27. The Kier molecular flexibility index (Phi) is 6.60. The number of amides is 1.